The molecule has 0 heterocycles. The minimum atomic E-state index is -1.27. The molecule has 15 heteroatoms. The molecule has 0 spiro atoms. The number of benzene rings is 2. The number of nitrogens with two attached hydrogens (primary N) is 1. The highest BCUT2D eigenvalue weighted by molar-refractivity contribution is 5.94. The number of carboxylic acids is 1. The van der Waals surface area contributed by atoms with Crippen molar-refractivity contribution in [1.82, 2.24) is 26.6 Å². The van der Waals surface area contributed by atoms with E-state index in [-0.39, 0.29) is 37.0 Å². The number of hydrogen-bond acceptors (Lipinski definition) is 8. The number of nitrogens with one attached hydrogen (secondary N) is 5. The van der Waals surface area contributed by atoms with Crippen LogP contribution in [0, 0.1) is 5.92 Å². The molecular formula is C47H72N6O9. The molecule has 344 valence electrons. The summed E-state index contributed by atoms with van der Waals surface area (Å²) in [6.07, 6.45) is 11.3. The van der Waals surface area contributed by atoms with Gasteiger partial charge < -0.3 is 42.5 Å². The van der Waals surface area contributed by atoms with E-state index in [4.69, 9.17) is 5.73 Å². The van der Waals surface area contributed by atoms with E-state index < -0.39 is 66.3 Å². The summed E-state index contributed by atoms with van der Waals surface area (Å²) in [6, 6.07) is 14.1. The van der Waals surface area contributed by atoms with E-state index >= 15 is 0 Å². The van der Waals surface area contributed by atoms with Gasteiger partial charge in [0.2, 0.25) is 35.4 Å². The summed E-state index contributed by atoms with van der Waals surface area (Å²) in [4.78, 5) is 87.7. The Balaban J connectivity index is 1.57. The number of amides is 6. The fourth-order valence-corrected chi connectivity index (χ4v) is 7.05. The predicted octanol–water partition coefficient (Wildman–Crippen LogP) is 4.38. The summed E-state index contributed by atoms with van der Waals surface area (Å²) < 4.78 is 0. The van der Waals surface area contributed by atoms with Gasteiger partial charge in [0.25, 0.3) is 0 Å². The maximum atomic E-state index is 13.2. The minimum Gasteiger partial charge on any atom is -0.480 e. The number of carbonyl (C=O) groups excluding carboxylic acids is 6. The molecule has 1 unspecified atom stereocenters. The molecule has 0 fully saturated rings. The average molecular weight is 865 g/mol. The topological polar surface area (TPSA) is 246 Å². The third kappa shape index (κ3) is 23.6. The number of aliphatic hydroxyl groups excluding tert-OH is 1. The van der Waals surface area contributed by atoms with Gasteiger partial charge in [-0.25, -0.2) is 4.79 Å². The van der Waals surface area contributed by atoms with Gasteiger partial charge in [-0.2, -0.15) is 0 Å². The summed E-state index contributed by atoms with van der Waals surface area (Å²) >= 11 is 0. The van der Waals surface area contributed by atoms with Crippen LogP contribution in [0.25, 0.3) is 0 Å². The molecule has 62 heavy (non-hydrogen) atoms. The molecule has 2 aromatic carbocycles. The minimum absolute atomic E-state index is 0.0422. The van der Waals surface area contributed by atoms with Crippen molar-refractivity contribution in [3.8, 4) is 0 Å². The van der Waals surface area contributed by atoms with Crippen LogP contribution in [0.5, 0.6) is 0 Å². The number of aliphatic hydroxyl groups is 1. The maximum absolute atomic E-state index is 13.2. The van der Waals surface area contributed by atoms with Crippen LogP contribution in [-0.2, 0) is 46.4 Å². The molecule has 0 aliphatic rings. The monoisotopic (exact) mass is 865 g/mol. The molecule has 0 aliphatic carbocycles. The molecule has 6 amide bonds. The lowest BCUT2D eigenvalue weighted by Crippen LogP contribution is -2.57. The quantitative estimate of drug-likeness (QED) is 0.0474. The van der Waals surface area contributed by atoms with E-state index in [9.17, 15) is 43.8 Å². The van der Waals surface area contributed by atoms with Crippen molar-refractivity contribution in [3.05, 3.63) is 71.8 Å². The van der Waals surface area contributed by atoms with Crippen molar-refractivity contribution >= 4 is 41.4 Å². The van der Waals surface area contributed by atoms with Gasteiger partial charge in [0.05, 0.1) is 12.5 Å². The normalized spacial score (nSPS) is 13.5. The molecule has 15 nitrogen and oxygen atoms in total. The largest absolute Gasteiger partial charge is 0.480 e. The molecule has 0 saturated carbocycles. The van der Waals surface area contributed by atoms with Gasteiger partial charge in [-0.15, -0.1) is 0 Å². The molecule has 0 radical (unpaired) electrons. The van der Waals surface area contributed by atoms with Crippen molar-refractivity contribution < 1.29 is 43.8 Å². The van der Waals surface area contributed by atoms with E-state index in [1.165, 1.54) is 6.92 Å². The van der Waals surface area contributed by atoms with Crippen LogP contribution in [0.4, 0.5) is 0 Å². The third-order valence-corrected chi connectivity index (χ3v) is 10.5. The lowest BCUT2D eigenvalue weighted by atomic mass is 10.0. The Morgan fingerprint density at radius 2 is 1.03 bits per heavy atom. The molecule has 0 saturated heterocycles. The first-order valence-corrected chi connectivity index (χ1v) is 22.4. The van der Waals surface area contributed by atoms with Crippen molar-refractivity contribution in [2.75, 3.05) is 6.54 Å². The number of hydrogen-bond donors (Lipinski definition) is 8. The predicted molar refractivity (Wildman–Crippen MR) is 238 cm³/mol. The lowest BCUT2D eigenvalue weighted by molar-refractivity contribution is -0.142. The van der Waals surface area contributed by atoms with Crippen molar-refractivity contribution in [3.63, 3.8) is 0 Å². The number of aliphatic carboxylic acids is 1. The summed E-state index contributed by atoms with van der Waals surface area (Å²) in [6.45, 7) is 5.78. The van der Waals surface area contributed by atoms with E-state index in [1.807, 2.05) is 44.2 Å². The van der Waals surface area contributed by atoms with Gasteiger partial charge in [0, 0.05) is 25.8 Å². The molecule has 5 atom stereocenters. The molecule has 2 rings (SSSR count). The van der Waals surface area contributed by atoms with Crippen LogP contribution in [0.1, 0.15) is 135 Å². The Hall–Kier alpha value is -5.31. The van der Waals surface area contributed by atoms with Crippen LogP contribution in [-0.4, -0.2) is 88.4 Å². The van der Waals surface area contributed by atoms with Gasteiger partial charge in [-0.05, 0) is 49.7 Å². The smallest absolute Gasteiger partial charge is 0.326 e. The van der Waals surface area contributed by atoms with Gasteiger partial charge in [0.15, 0.2) is 0 Å². The van der Waals surface area contributed by atoms with Crippen LogP contribution in [0.2, 0.25) is 0 Å². The van der Waals surface area contributed by atoms with Crippen LogP contribution >= 0.6 is 0 Å². The Bertz CT molecular complexity index is 1660. The highest BCUT2D eigenvalue weighted by atomic mass is 16.4. The summed E-state index contributed by atoms with van der Waals surface area (Å²) in [7, 11) is 0. The first-order chi connectivity index (χ1) is 29.7. The first kappa shape index (κ1) is 52.8. The van der Waals surface area contributed by atoms with Crippen LogP contribution in [0.15, 0.2) is 60.7 Å². The zero-order valence-electron chi connectivity index (χ0n) is 37.0. The average Bonchev–Trinajstić information content (AvgIpc) is 3.22. The number of rotatable bonds is 33. The molecule has 9 N–H and O–H groups in total. The van der Waals surface area contributed by atoms with E-state index in [2.05, 4.69) is 26.6 Å². The summed E-state index contributed by atoms with van der Waals surface area (Å²) in [5.74, 6) is -4.30. The zero-order valence-corrected chi connectivity index (χ0v) is 37.0. The Kier molecular flexibility index (Phi) is 26.1. The van der Waals surface area contributed by atoms with Crippen molar-refractivity contribution in [2.24, 2.45) is 11.7 Å². The van der Waals surface area contributed by atoms with Gasteiger partial charge in [-0.1, -0.05) is 139 Å². The maximum Gasteiger partial charge on any atom is 0.326 e. The summed E-state index contributed by atoms with van der Waals surface area (Å²) in [5, 5.41) is 33.2. The Morgan fingerprint density at radius 3 is 1.50 bits per heavy atom. The second-order valence-electron chi connectivity index (χ2n) is 16.6. The van der Waals surface area contributed by atoms with Gasteiger partial charge in [0.1, 0.15) is 24.2 Å². The van der Waals surface area contributed by atoms with Crippen molar-refractivity contribution in [2.45, 2.75) is 167 Å². The summed E-state index contributed by atoms with van der Waals surface area (Å²) in [5.41, 5.74) is 7.11. The molecule has 2 aromatic rings. The van der Waals surface area contributed by atoms with Crippen LogP contribution < -0.4 is 32.3 Å². The van der Waals surface area contributed by atoms with Gasteiger partial charge in [-0.3, -0.25) is 28.8 Å². The third-order valence-electron chi connectivity index (χ3n) is 10.5. The fraction of sp³-hybridized carbons (Fsp3) is 0.596. The fourth-order valence-electron chi connectivity index (χ4n) is 7.05. The second kappa shape index (κ2) is 30.7. The number of carboxylic acid groups (broad SMARTS) is 1. The van der Waals surface area contributed by atoms with E-state index in [1.54, 1.807) is 30.3 Å². The van der Waals surface area contributed by atoms with Crippen LogP contribution in [0.3, 0.4) is 0 Å². The highest BCUT2D eigenvalue weighted by Crippen LogP contribution is 2.14. The SMILES string of the molecule is CC(C)C[C@H](NC(=O)[C@@H](NC(=O)CCCCCCCCCCCCCCC(=O)N[C@H](CC(N)=O)C(=O)N[C@@H](Cc1ccccc1)C(=O)O)C(C)O)C(=O)NCCc1ccccc1. The van der Waals surface area contributed by atoms with E-state index in [0.717, 1.165) is 69.8 Å². The van der Waals surface area contributed by atoms with Gasteiger partial charge >= 0.3 is 5.97 Å². The first-order valence-electron chi connectivity index (χ1n) is 22.4. The van der Waals surface area contributed by atoms with Crippen molar-refractivity contribution in [1.29, 1.82) is 0 Å². The Morgan fingerprint density at radius 1 is 0.565 bits per heavy atom. The highest BCUT2D eigenvalue weighted by Gasteiger charge is 2.31. The molecule has 0 aliphatic heterocycles. The number of primary amides is 1. The number of unbranched alkanes of at least 4 members (excludes halogenated alkanes) is 11. The Labute approximate surface area is 367 Å². The lowest BCUT2D eigenvalue weighted by Gasteiger charge is -2.25. The standard InChI is InChI=1S/C47H72N6O9/c1-33(2)30-37(44(58)49-29-28-35-22-16-14-17-23-35)51-46(60)43(34(3)54)53-42(57)27-21-13-11-9-7-5-4-6-8-10-12-20-26-41(56)50-38(32-40(48)55)45(59)52-39(47(61)62)31-36-24-18-15-19-25-36/h14-19,22-25,33-34,37-39,43,54H,4-13,20-21,26-32H2,1-3H3,(H2,48,55)(H,49,58)(H,50,56)(H,51,60)(H,52,59)(H,53,57)(H,61,62)/t34?,37-,38+,39-,43-/m0/s1. The molecule has 0 bridgehead atoms. The zero-order chi connectivity index (χ0) is 45.7. The van der Waals surface area contributed by atoms with E-state index in [0.29, 0.717) is 37.8 Å². The number of carbonyl (C=O) groups is 7. The molecular weight excluding hydrogens is 793 g/mol. The second-order valence-corrected chi connectivity index (χ2v) is 16.6. The molecule has 0 aromatic heterocycles.